The zero-order chi connectivity index (χ0) is 8.55. The quantitative estimate of drug-likeness (QED) is 0.593. The maximum Gasteiger partial charge on any atom is 0.283 e. The highest BCUT2D eigenvalue weighted by molar-refractivity contribution is 5.15. The second-order valence-corrected chi connectivity index (χ2v) is 3.24. The van der Waals surface area contributed by atoms with Crippen LogP contribution in [-0.2, 0) is 12.8 Å². The first-order chi connectivity index (χ1) is 5.77. The fraction of sp³-hybridized carbons (Fsp3) is 0.625. The number of nitrogens with zero attached hydrogens (tertiary/aromatic N) is 1. The molecule has 1 aromatic rings. The summed E-state index contributed by atoms with van der Waals surface area (Å²) in [6.45, 7) is 1.91. The minimum Gasteiger partial charge on any atom is -0.383 e. The summed E-state index contributed by atoms with van der Waals surface area (Å²) in [7, 11) is 2.06. The number of hydrogen-bond acceptors (Lipinski definition) is 3. The van der Waals surface area contributed by atoms with Gasteiger partial charge in [-0.25, -0.2) is 0 Å². The molecule has 0 aromatic carbocycles. The molecule has 4 heteroatoms. The Morgan fingerprint density at radius 2 is 2.17 bits per heavy atom. The summed E-state index contributed by atoms with van der Waals surface area (Å²) in [4.78, 5) is 13.4. The van der Waals surface area contributed by atoms with Crippen molar-refractivity contribution in [2.45, 2.75) is 12.8 Å². The van der Waals surface area contributed by atoms with Gasteiger partial charge in [0, 0.05) is 19.5 Å². The Labute approximate surface area is 70.1 Å². The first-order valence-corrected chi connectivity index (χ1v) is 4.15. The van der Waals surface area contributed by atoms with Crippen molar-refractivity contribution in [3.05, 3.63) is 21.7 Å². The molecule has 1 aromatic heterocycles. The van der Waals surface area contributed by atoms with Crippen LogP contribution in [0.5, 0.6) is 0 Å². The van der Waals surface area contributed by atoms with E-state index in [9.17, 15) is 4.79 Å². The zero-order valence-electron chi connectivity index (χ0n) is 7.09. The van der Waals surface area contributed by atoms with Crippen molar-refractivity contribution in [2.75, 3.05) is 20.1 Å². The van der Waals surface area contributed by atoms with Gasteiger partial charge in [-0.1, -0.05) is 0 Å². The van der Waals surface area contributed by atoms with Gasteiger partial charge in [0.1, 0.15) is 5.76 Å². The van der Waals surface area contributed by atoms with E-state index in [2.05, 4.69) is 17.1 Å². The molecule has 12 heavy (non-hydrogen) atoms. The summed E-state index contributed by atoms with van der Waals surface area (Å²) >= 11 is 0. The Kier molecular flexibility index (Phi) is 1.77. The lowest BCUT2D eigenvalue weighted by molar-refractivity contribution is 0.326. The number of nitrogens with one attached hydrogen (secondary N) is 1. The minimum absolute atomic E-state index is 0.0553. The lowest BCUT2D eigenvalue weighted by Gasteiger charge is -2.10. The second-order valence-electron chi connectivity index (χ2n) is 3.24. The summed E-state index contributed by atoms with van der Waals surface area (Å²) in [6, 6.07) is 0. The minimum atomic E-state index is -0.0553. The summed E-state index contributed by atoms with van der Waals surface area (Å²) in [5, 5.41) is 2.37. The van der Waals surface area contributed by atoms with E-state index in [0.717, 1.165) is 37.3 Å². The molecule has 2 rings (SSSR count). The Bertz CT molecular complexity index is 326. The van der Waals surface area contributed by atoms with Crippen LogP contribution in [0.2, 0.25) is 0 Å². The number of H-pyrrole nitrogens is 1. The van der Waals surface area contributed by atoms with Crippen LogP contribution in [0.25, 0.3) is 0 Å². The van der Waals surface area contributed by atoms with Crippen LogP contribution in [0.3, 0.4) is 0 Å². The largest absolute Gasteiger partial charge is 0.383 e. The normalized spacial score (nSPS) is 18.8. The predicted molar refractivity (Wildman–Crippen MR) is 44.2 cm³/mol. The number of hydrogen-bond donors (Lipinski definition) is 1. The molecule has 0 unspecified atom stereocenters. The van der Waals surface area contributed by atoms with Gasteiger partial charge in [-0.3, -0.25) is 4.79 Å². The van der Waals surface area contributed by atoms with Crippen LogP contribution < -0.4 is 5.56 Å². The van der Waals surface area contributed by atoms with E-state index in [1.165, 1.54) is 0 Å². The second kappa shape index (κ2) is 2.79. The van der Waals surface area contributed by atoms with Gasteiger partial charge in [0.2, 0.25) is 0 Å². The number of rotatable bonds is 0. The third-order valence-electron chi connectivity index (χ3n) is 2.34. The van der Waals surface area contributed by atoms with Gasteiger partial charge in [-0.05, 0) is 13.5 Å². The molecule has 0 aliphatic carbocycles. The Morgan fingerprint density at radius 1 is 1.42 bits per heavy atom. The Balaban J connectivity index is 2.34. The maximum atomic E-state index is 11.2. The van der Waals surface area contributed by atoms with E-state index in [0.29, 0.717) is 0 Å². The van der Waals surface area contributed by atoms with Gasteiger partial charge < -0.3 is 9.42 Å². The molecule has 0 spiro atoms. The van der Waals surface area contributed by atoms with Crippen molar-refractivity contribution < 1.29 is 4.52 Å². The summed E-state index contributed by atoms with van der Waals surface area (Å²) in [5.74, 6) is 0.837. The Hall–Kier alpha value is -1.03. The van der Waals surface area contributed by atoms with E-state index in [1.807, 2.05) is 0 Å². The topological polar surface area (TPSA) is 49.2 Å². The monoisotopic (exact) mass is 168 g/mol. The van der Waals surface area contributed by atoms with Gasteiger partial charge in [0.15, 0.2) is 0 Å². The predicted octanol–water partition coefficient (Wildman–Crippen LogP) is -0.00170. The smallest absolute Gasteiger partial charge is 0.283 e. The molecule has 0 amide bonds. The molecule has 0 atom stereocenters. The number of likely N-dealkylation sites (N-methyl/N-ethyl adjacent to an activating group) is 1. The van der Waals surface area contributed by atoms with Crippen LogP contribution >= 0.6 is 0 Å². The Morgan fingerprint density at radius 3 is 3.00 bits per heavy atom. The van der Waals surface area contributed by atoms with Crippen molar-refractivity contribution >= 4 is 0 Å². The van der Waals surface area contributed by atoms with Crippen LogP contribution in [0.1, 0.15) is 11.3 Å². The fourth-order valence-electron chi connectivity index (χ4n) is 1.52. The molecule has 0 saturated carbocycles. The molecule has 2 heterocycles. The van der Waals surface area contributed by atoms with E-state index >= 15 is 0 Å². The molecule has 0 bridgehead atoms. The highest BCUT2D eigenvalue weighted by Crippen LogP contribution is 2.09. The molecule has 0 fully saturated rings. The summed E-state index contributed by atoms with van der Waals surface area (Å²) in [6.07, 6.45) is 1.64. The van der Waals surface area contributed by atoms with Crippen LogP contribution in [0.15, 0.2) is 9.32 Å². The van der Waals surface area contributed by atoms with Gasteiger partial charge in [-0.15, -0.1) is 0 Å². The fourth-order valence-corrected chi connectivity index (χ4v) is 1.52. The molecule has 0 saturated heterocycles. The summed E-state index contributed by atoms with van der Waals surface area (Å²) < 4.78 is 5.05. The highest BCUT2D eigenvalue weighted by Gasteiger charge is 2.17. The summed E-state index contributed by atoms with van der Waals surface area (Å²) in [5.41, 5.74) is 0.777. The first kappa shape index (κ1) is 7.61. The third-order valence-corrected chi connectivity index (χ3v) is 2.34. The van der Waals surface area contributed by atoms with Crippen molar-refractivity contribution in [1.29, 1.82) is 0 Å². The van der Waals surface area contributed by atoms with E-state index in [1.54, 1.807) is 0 Å². The molecule has 0 radical (unpaired) electrons. The maximum absolute atomic E-state index is 11.2. The molecule has 1 N–H and O–H groups in total. The molecule has 1 aliphatic rings. The van der Waals surface area contributed by atoms with E-state index in [4.69, 9.17) is 4.52 Å². The van der Waals surface area contributed by atoms with E-state index < -0.39 is 0 Å². The molecular weight excluding hydrogens is 156 g/mol. The molecular formula is C8H12N2O2. The van der Waals surface area contributed by atoms with Crippen LogP contribution in [0.4, 0.5) is 0 Å². The van der Waals surface area contributed by atoms with Gasteiger partial charge >= 0.3 is 0 Å². The first-order valence-electron chi connectivity index (χ1n) is 4.15. The zero-order valence-corrected chi connectivity index (χ0v) is 7.09. The van der Waals surface area contributed by atoms with E-state index in [-0.39, 0.29) is 5.56 Å². The van der Waals surface area contributed by atoms with Gasteiger partial charge in [0.05, 0.1) is 5.56 Å². The number of aromatic nitrogens is 1. The highest BCUT2D eigenvalue weighted by atomic mass is 16.5. The van der Waals surface area contributed by atoms with Gasteiger partial charge in [0.25, 0.3) is 5.56 Å². The van der Waals surface area contributed by atoms with Crippen molar-refractivity contribution in [3.8, 4) is 0 Å². The number of aromatic amines is 1. The van der Waals surface area contributed by atoms with Crippen molar-refractivity contribution in [1.82, 2.24) is 10.1 Å². The van der Waals surface area contributed by atoms with Crippen LogP contribution in [-0.4, -0.2) is 30.2 Å². The number of fused-ring (bicyclic) bond motifs is 1. The average Bonchev–Trinajstić information content (AvgIpc) is 2.28. The van der Waals surface area contributed by atoms with Crippen molar-refractivity contribution in [2.24, 2.45) is 0 Å². The van der Waals surface area contributed by atoms with Crippen LogP contribution in [0, 0.1) is 0 Å². The molecule has 1 aliphatic heterocycles. The lowest BCUT2D eigenvalue weighted by Crippen LogP contribution is -2.21. The third kappa shape index (κ3) is 1.18. The SMILES string of the molecule is CN1CCc2o[nH]c(=O)c2CC1. The standard InChI is InChI=1S/C8H12N2O2/c1-10-4-2-6-7(3-5-10)12-9-8(6)11/h2-5H2,1H3,(H,9,11). The van der Waals surface area contributed by atoms with Crippen molar-refractivity contribution in [3.63, 3.8) is 0 Å². The molecule has 4 nitrogen and oxygen atoms in total. The average molecular weight is 168 g/mol. The van der Waals surface area contributed by atoms with Gasteiger partial charge in [-0.2, -0.15) is 5.16 Å². The lowest BCUT2D eigenvalue weighted by atomic mass is 10.2. The molecule has 66 valence electrons.